The van der Waals surface area contributed by atoms with Crippen LogP contribution in [0, 0.1) is 0 Å². The quantitative estimate of drug-likeness (QED) is 0.618. The van der Waals surface area contributed by atoms with Crippen molar-refractivity contribution in [1.82, 2.24) is 9.59 Å². The van der Waals surface area contributed by atoms with Crippen LogP contribution in [0.1, 0.15) is 12.1 Å². The molecule has 0 aliphatic rings. The van der Waals surface area contributed by atoms with Crippen molar-refractivity contribution in [3.63, 3.8) is 0 Å². The van der Waals surface area contributed by atoms with Gasteiger partial charge in [0.2, 0.25) is 0 Å². The van der Waals surface area contributed by atoms with Gasteiger partial charge in [-0.3, -0.25) is 4.79 Å². The van der Waals surface area contributed by atoms with Crippen LogP contribution in [-0.4, -0.2) is 15.9 Å². The number of nitrogens with zero attached hydrogens (tertiary/aromatic N) is 2. The summed E-state index contributed by atoms with van der Waals surface area (Å²) in [6.45, 7) is 0. The van der Waals surface area contributed by atoms with Gasteiger partial charge in [-0.1, -0.05) is 4.49 Å². The minimum Gasteiger partial charge on any atom is -0.291 e. The van der Waals surface area contributed by atoms with Crippen molar-refractivity contribution >= 4 is 17.8 Å². The zero-order chi connectivity index (χ0) is 6.53. The molecule has 3 nitrogen and oxygen atoms in total. The van der Waals surface area contributed by atoms with Crippen molar-refractivity contribution in [2.24, 2.45) is 0 Å². The largest absolute Gasteiger partial charge is 0.291 e. The number of aryl methyl sites for hydroxylation is 1. The summed E-state index contributed by atoms with van der Waals surface area (Å²) in [5.41, 5.74) is 0.878. The van der Waals surface area contributed by atoms with Crippen LogP contribution < -0.4 is 0 Å². The van der Waals surface area contributed by atoms with E-state index in [1.165, 1.54) is 11.5 Å². The van der Waals surface area contributed by atoms with Gasteiger partial charge in [0, 0.05) is 11.8 Å². The third-order valence-electron chi connectivity index (χ3n) is 0.888. The lowest BCUT2D eigenvalue weighted by Crippen LogP contribution is -1.85. The number of hydrogen-bond donors (Lipinski definition) is 0. The SMILES string of the molecule is O=[C]CCc1csnn1. The first-order valence-corrected chi connectivity index (χ1v) is 3.38. The highest BCUT2D eigenvalue weighted by Gasteiger charge is 1.93. The number of aromatic nitrogens is 2. The van der Waals surface area contributed by atoms with Crippen LogP contribution in [0.15, 0.2) is 5.38 Å². The van der Waals surface area contributed by atoms with E-state index in [-0.39, 0.29) is 0 Å². The maximum atomic E-state index is 9.73. The second kappa shape index (κ2) is 3.29. The normalized spacial score (nSPS) is 9.33. The zero-order valence-electron chi connectivity index (χ0n) is 4.70. The molecule has 1 rings (SSSR count). The van der Waals surface area contributed by atoms with Gasteiger partial charge in [0.05, 0.1) is 5.69 Å². The fraction of sp³-hybridized carbons (Fsp3) is 0.400. The summed E-state index contributed by atoms with van der Waals surface area (Å²) >= 11 is 1.30. The minimum atomic E-state index is 0.422. The highest BCUT2D eigenvalue weighted by atomic mass is 32.1. The molecule has 0 atom stereocenters. The fourth-order valence-corrected chi connectivity index (χ4v) is 0.958. The van der Waals surface area contributed by atoms with Crippen LogP contribution in [-0.2, 0) is 11.2 Å². The lowest BCUT2D eigenvalue weighted by molar-refractivity contribution is 0.551. The molecule has 0 aliphatic heterocycles. The standard InChI is InChI=1S/C5H5N2OS/c8-3-1-2-5-4-9-7-6-5/h4H,1-2H2. The second-order valence-electron chi connectivity index (χ2n) is 1.54. The van der Waals surface area contributed by atoms with Crippen LogP contribution in [0.5, 0.6) is 0 Å². The van der Waals surface area contributed by atoms with Gasteiger partial charge >= 0.3 is 0 Å². The molecule has 0 spiro atoms. The molecule has 0 saturated carbocycles. The van der Waals surface area contributed by atoms with Gasteiger partial charge in [0.1, 0.15) is 0 Å². The van der Waals surface area contributed by atoms with Gasteiger partial charge in [-0.05, 0) is 18.0 Å². The third kappa shape index (κ3) is 1.89. The third-order valence-corrected chi connectivity index (χ3v) is 1.44. The van der Waals surface area contributed by atoms with Gasteiger partial charge in [0.25, 0.3) is 0 Å². The zero-order valence-corrected chi connectivity index (χ0v) is 5.52. The molecule has 0 bridgehead atoms. The molecule has 4 heteroatoms. The van der Waals surface area contributed by atoms with E-state index in [0.29, 0.717) is 12.8 Å². The van der Waals surface area contributed by atoms with Crippen LogP contribution in [0.25, 0.3) is 0 Å². The molecule has 0 aliphatic carbocycles. The Kier molecular flexibility index (Phi) is 2.32. The second-order valence-corrected chi connectivity index (χ2v) is 2.15. The van der Waals surface area contributed by atoms with E-state index in [4.69, 9.17) is 0 Å². The Morgan fingerprint density at radius 3 is 3.22 bits per heavy atom. The summed E-state index contributed by atoms with van der Waals surface area (Å²) in [6.07, 6.45) is 2.88. The van der Waals surface area contributed by atoms with Crippen molar-refractivity contribution in [1.29, 1.82) is 0 Å². The first kappa shape index (κ1) is 6.35. The van der Waals surface area contributed by atoms with Crippen LogP contribution in [0.4, 0.5) is 0 Å². The van der Waals surface area contributed by atoms with E-state index in [9.17, 15) is 4.79 Å². The highest BCUT2D eigenvalue weighted by Crippen LogP contribution is 1.98. The highest BCUT2D eigenvalue weighted by molar-refractivity contribution is 7.03. The molecular formula is C5H5N2OS. The Labute approximate surface area is 56.9 Å². The molecule has 0 saturated heterocycles. The van der Waals surface area contributed by atoms with E-state index in [2.05, 4.69) is 9.59 Å². The molecular weight excluding hydrogens is 136 g/mol. The summed E-state index contributed by atoms with van der Waals surface area (Å²) in [5, 5.41) is 5.57. The Bertz CT molecular complexity index is 173. The molecule has 0 fully saturated rings. The lowest BCUT2D eigenvalue weighted by atomic mass is 10.3. The van der Waals surface area contributed by atoms with Crippen LogP contribution >= 0.6 is 11.5 Å². The molecule has 0 aromatic carbocycles. The summed E-state index contributed by atoms with van der Waals surface area (Å²) in [6, 6.07) is 0. The fourth-order valence-electron chi connectivity index (χ4n) is 0.472. The maximum absolute atomic E-state index is 9.73. The average Bonchev–Trinajstić information content (AvgIpc) is 2.34. The molecule has 0 N–H and O–H groups in total. The molecule has 0 unspecified atom stereocenters. The maximum Gasteiger partial charge on any atom is 0.198 e. The average molecular weight is 141 g/mol. The van der Waals surface area contributed by atoms with Crippen molar-refractivity contribution in [3.8, 4) is 0 Å². The monoisotopic (exact) mass is 141 g/mol. The summed E-state index contributed by atoms with van der Waals surface area (Å²) < 4.78 is 3.64. The molecule has 1 heterocycles. The molecule has 1 aromatic heterocycles. The molecule has 1 radical (unpaired) electrons. The van der Waals surface area contributed by atoms with Crippen LogP contribution in [0.3, 0.4) is 0 Å². The first-order chi connectivity index (χ1) is 4.43. The van der Waals surface area contributed by atoms with Gasteiger partial charge in [-0.25, -0.2) is 0 Å². The van der Waals surface area contributed by atoms with Crippen molar-refractivity contribution in [2.75, 3.05) is 0 Å². The number of hydrogen-bond acceptors (Lipinski definition) is 4. The van der Waals surface area contributed by atoms with Crippen molar-refractivity contribution in [3.05, 3.63) is 11.1 Å². The predicted molar refractivity (Wildman–Crippen MR) is 33.9 cm³/mol. The molecule has 47 valence electrons. The first-order valence-electron chi connectivity index (χ1n) is 2.54. The van der Waals surface area contributed by atoms with E-state index in [1.54, 1.807) is 6.29 Å². The molecule has 9 heavy (non-hydrogen) atoms. The topological polar surface area (TPSA) is 42.9 Å². The predicted octanol–water partition coefficient (Wildman–Crippen LogP) is 0.580. The summed E-state index contributed by atoms with van der Waals surface area (Å²) in [7, 11) is 0. The number of rotatable bonds is 3. The van der Waals surface area contributed by atoms with Gasteiger partial charge < -0.3 is 0 Å². The van der Waals surface area contributed by atoms with E-state index < -0.39 is 0 Å². The van der Waals surface area contributed by atoms with Gasteiger partial charge in [-0.2, -0.15) is 0 Å². The summed E-state index contributed by atoms with van der Waals surface area (Å²) in [5.74, 6) is 0. The smallest absolute Gasteiger partial charge is 0.198 e. The van der Waals surface area contributed by atoms with Crippen molar-refractivity contribution < 1.29 is 4.79 Å². The van der Waals surface area contributed by atoms with E-state index in [0.717, 1.165) is 5.69 Å². The van der Waals surface area contributed by atoms with Gasteiger partial charge in [0.15, 0.2) is 6.29 Å². The number of carbonyl (C=O) groups excluding carboxylic acids is 1. The summed E-state index contributed by atoms with van der Waals surface area (Å²) in [4.78, 5) is 9.73. The minimum absolute atomic E-state index is 0.422. The van der Waals surface area contributed by atoms with E-state index >= 15 is 0 Å². The van der Waals surface area contributed by atoms with Crippen molar-refractivity contribution in [2.45, 2.75) is 12.8 Å². The Hall–Kier alpha value is -0.770. The lowest BCUT2D eigenvalue weighted by Gasteiger charge is -1.81. The Balaban J connectivity index is 2.38. The van der Waals surface area contributed by atoms with Gasteiger partial charge in [-0.15, -0.1) is 5.10 Å². The van der Waals surface area contributed by atoms with E-state index in [1.807, 2.05) is 5.38 Å². The Morgan fingerprint density at radius 1 is 1.78 bits per heavy atom. The molecule has 0 amide bonds. The molecule has 1 aromatic rings. The Morgan fingerprint density at radius 2 is 2.67 bits per heavy atom. The van der Waals surface area contributed by atoms with Crippen LogP contribution in [0.2, 0.25) is 0 Å².